The van der Waals surface area contributed by atoms with E-state index in [0.717, 1.165) is 0 Å². The normalized spacial score (nSPS) is 12.6. The van der Waals surface area contributed by atoms with Crippen molar-refractivity contribution in [1.29, 1.82) is 0 Å². The zero-order valence-electron chi connectivity index (χ0n) is 9.39. The highest BCUT2D eigenvalue weighted by Gasteiger charge is 2.04. The third-order valence-electron chi connectivity index (χ3n) is 2.01. The molecule has 0 aliphatic carbocycles. The quantitative estimate of drug-likeness (QED) is 0.685. The largest absolute Gasteiger partial charge is 0.478 e. The Kier molecular flexibility index (Phi) is 3.82. The van der Waals surface area contributed by atoms with Gasteiger partial charge in [0.1, 0.15) is 5.82 Å². The van der Waals surface area contributed by atoms with Crippen LogP contribution >= 0.6 is 0 Å². The Labute approximate surface area is 97.3 Å². The summed E-state index contributed by atoms with van der Waals surface area (Å²) in [6.45, 7) is 2.90. The average molecular weight is 236 g/mol. The molecule has 1 aromatic rings. The lowest BCUT2D eigenvalue weighted by Gasteiger charge is -1.90. The molecular formula is C11H12N2O4. The smallest absolute Gasteiger partial charge is 0.331 e. The van der Waals surface area contributed by atoms with E-state index in [0.29, 0.717) is 11.5 Å². The van der Waals surface area contributed by atoms with Gasteiger partial charge in [0.05, 0.1) is 5.69 Å². The van der Waals surface area contributed by atoms with E-state index in [9.17, 15) is 9.59 Å². The van der Waals surface area contributed by atoms with E-state index in [1.807, 2.05) is 0 Å². The molecular weight excluding hydrogens is 224 g/mol. The van der Waals surface area contributed by atoms with Crippen molar-refractivity contribution in [3.05, 3.63) is 28.9 Å². The maximum absolute atomic E-state index is 10.6. The van der Waals surface area contributed by atoms with Crippen molar-refractivity contribution >= 4 is 24.1 Å². The van der Waals surface area contributed by atoms with Gasteiger partial charge in [-0.15, -0.1) is 0 Å². The first-order valence-corrected chi connectivity index (χ1v) is 4.78. The molecule has 0 fully saturated rings. The average Bonchev–Trinajstić information content (AvgIpc) is 2.65. The van der Waals surface area contributed by atoms with E-state index in [1.165, 1.54) is 32.2 Å². The molecule has 6 nitrogen and oxygen atoms in total. The molecule has 6 heteroatoms. The van der Waals surface area contributed by atoms with Crippen LogP contribution in [-0.2, 0) is 9.59 Å². The number of carboxylic acids is 2. The first kappa shape index (κ1) is 12.7. The van der Waals surface area contributed by atoms with Gasteiger partial charge in [-0.05, 0) is 26.0 Å². The predicted octanol–water partition coefficient (Wildman–Crippen LogP) is 1.39. The number of hydrogen-bond donors (Lipinski definition) is 3. The van der Waals surface area contributed by atoms with Gasteiger partial charge in [-0.1, -0.05) is 0 Å². The second-order valence-corrected chi connectivity index (χ2v) is 3.48. The number of hydrogen-bond acceptors (Lipinski definition) is 3. The van der Waals surface area contributed by atoms with Gasteiger partial charge in [-0.25, -0.2) is 14.6 Å². The zero-order valence-corrected chi connectivity index (χ0v) is 9.39. The van der Waals surface area contributed by atoms with Crippen LogP contribution in [0.3, 0.4) is 0 Å². The van der Waals surface area contributed by atoms with Crippen LogP contribution in [0.4, 0.5) is 0 Å². The minimum absolute atomic E-state index is 0.143. The summed E-state index contributed by atoms with van der Waals surface area (Å²) in [6, 6.07) is 0. The van der Waals surface area contributed by atoms with Gasteiger partial charge in [0.2, 0.25) is 0 Å². The predicted molar refractivity (Wildman–Crippen MR) is 61.2 cm³/mol. The van der Waals surface area contributed by atoms with Gasteiger partial charge in [0, 0.05) is 17.3 Å². The lowest BCUT2D eigenvalue weighted by Crippen LogP contribution is -1.96. The van der Waals surface area contributed by atoms with E-state index >= 15 is 0 Å². The van der Waals surface area contributed by atoms with E-state index in [2.05, 4.69) is 9.97 Å². The Bertz CT molecular complexity index is 467. The number of rotatable bonds is 4. The van der Waals surface area contributed by atoms with E-state index in [1.54, 1.807) is 0 Å². The monoisotopic (exact) mass is 236 g/mol. The molecule has 1 rings (SSSR count). The van der Waals surface area contributed by atoms with E-state index in [4.69, 9.17) is 10.2 Å². The fourth-order valence-electron chi connectivity index (χ4n) is 1.05. The van der Waals surface area contributed by atoms with Crippen molar-refractivity contribution in [3.63, 3.8) is 0 Å². The van der Waals surface area contributed by atoms with Crippen LogP contribution < -0.4 is 0 Å². The standard InChI is InChI=1S/C11H12N2O4/c1-6(10(14)15)3-8-5-12-9(13-8)4-7(2)11(16)17/h3-5H,1-2H3,(H,12,13)(H,14,15)(H,16,17). The van der Waals surface area contributed by atoms with Gasteiger partial charge >= 0.3 is 11.9 Å². The van der Waals surface area contributed by atoms with Crippen LogP contribution in [0.1, 0.15) is 25.4 Å². The number of carboxylic acid groups (broad SMARTS) is 2. The Morgan fingerprint density at radius 1 is 1.18 bits per heavy atom. The van der Waals surface area contributed by atoms with Crippen LogP contribution in [0.2, 0.25) is 0 Å². The third kappa shape index (κ3) is 3.60. The molecule has 0 aliphatic heterocycles. The highest BCUT2D eigenvalue weighted by atomic mass is 16.4. The van der Waals surface area contributed by atoms with Gasteiger partial charge in [0.15, 0.2) is 0 Å². The number of imidazole rings is 1. The molecule has 0 unspecified atom stereocenters. The number of aromatic amines is 1. The Morgan fingerprint density at radius 2 is 1.71 bits per heavy atom. The maximum atomic E-state index is 10.6. The molecule has 0 aliphatic rings. The Balaban J connectivity index is 2.94. The molecule has 1 aromatic heterocycles. The number of aromatic nitrogens is 2. The van der Waals surface area contributed by atoms with Crippen LogP contribution in [0.5, 0.6) is 0 Å². The number of H-pyrrole nitrogens is 1. The molecule has 0 amide bonds. The van der Waals surface area contributed by atoms with E-state index in [-0.39, 0.29) is 11.1 Å². The van der Waals surface area contributed by atoms with Crippen molar-refractivity contribution in [2.24, 2.45) is 0 Å². The Hall–Kier alpha value is -2.37. The topological polar surface area (TPSA) is 103 Å². The summed E-state index contributed by atoms with van der Waals surface area (Å²) in [5, 5.41) is 17.3. The summed E-state index contributed by atoms with van der Waals surface area (Å²) in [5.41, 5.74) is 0.737. The number of aliphatic carboxylic acids is 2. The Morgan fingerprint density at radius 3 is 2.24 bits per heavy atom. The molecule has 0 aromatic carbocycles. The zero-order chi connectivity index (χ0) is 13.0. The van der Waals surface area contributed by atoms with Gasteiger partial charge < -0.3 is 15.2 Å². The molecule has 1 heterocycles. The summed E-state index contributed by atoms with van der Waals surface area (Å²) in [7, 11) is 0. The molecule has 17 heavy (non-hydrogen) atoms. The second-order valence-electron chi connectivity index (χ2n) is 3.48. The fourth-order valence-corrected chi connectivity index (χ4v) is 1.05. The van der Waals surface area contributed by atoms with Crippen LogP contribution in [0.15, 0.2) is 17.3 Å². The lowest BCUT2D eigenvalue weighted by molar-refractivity contribution is -0.133. The summed E-state index contributed by atoms with van der Waals surface area (Å²) in [6.07, 6.45) is 4.27. The lowest BCUT2D eigenvalue weighted by atomic mass is 10.2. The number of nitrogens with one attached hydrogen (secondary N) is 1. The molecule has 0 radical (unpaired) electrons. The van der Waals surface area contributed by atoms with Gasteiger partial charge in [-0.3, -0.25) is 0 Å². The molecule has 90 valence electrons. The fraction of sp³-hybridized carbons (Fsp3) is 0.182. The highest BCUT2D eigenvalue weighted by molar-refractivity contribution is 5.92. The van der Waals surface area contributed by atoms with E-state index < -0.39 is 11.9 Å². The number of carbonyl (C=O) groups is 2. The van der Waals surface area contributed by atoms with Gasteiger partial charge in [0.25, 0.3) is 0 Å². The number of nitrogens with zero attached hydrogens (tertiary/aromatic N) is 1. The third-order valence-corrected chi connectivity index (χ3v) is 2.01. The highest BCUT2D eigenvalue weighted by Crippen LogP contribution is 2.07. The van der Waals surface area contributed by atoms with Crippen molar-refractivity contribution in [3.8, 4) is 0 Å². The van der Waals surface area contributed by atoms with Crippen LogP contribution in [-0.4, -0.2) is 32.1 Å². The molecule has 0 atom stereocenters. The minimum atomic E-state index is -1.03. The molecule has 3 N–H and O–H groups in total. The van der Waals surface area contributed by atoms with Crippen LogP contribution in [0.25, 0.3) is 12.2 Å². The van der Waals surface area contributed by atoms with Crippen molar-refractivity contribution in [1.82, 2.24) is 9.97 Å². The summed E-state index contributed by atoms with van der Waals surface area (Å²) < 4.78 is 0. The van der Waals surface area contributed by atoms with Crippen molar-refractivity contribution < 1.29 is 19.8 Å². The molecule has 0 saturated heterocycles. The second kappa shape index (κ2) is 5.11. The maximum Gasteiger partial charge on any atom is 0.331 e. The van der Waals surface area contributed by atoms with Gasteiger partial charge in [-0.2, -0.15) is 0 Å². The van der Waals surface area contributed by atoms with Crippen LogP contribution in [0, 0.1) is 0 Å². The molecule has 0 saturated carbocycles. The first-order chi connectivity index (χ1) is 7.90. The SMILES string of the molecule is CC(=Cc1c[nH]c(C=C(C)C(=O)O)n1)C(=O)O. The summed E-state index contributed by atoms with van der Waals surface area (Å²) in [5.74, 6) is -1.68. The minimum Gasteiger partial charge on any atom is -0.478 e. The van der Waals surface area contributed by atoms with Crippen molar-refractivity contribution in [2.75, 3.05) is 0 Å². The first-order valence-electron chi connectivity index (χ1n) is 4.78. The molecule has 0 spiro atoms. The summed E-state index contributed by atoms with van der Waals surface area (Å²) in [4.78, 5) is 27.9. The van der Waals surface area contributed by atoms with Crippen molar-refractivity contribution in [2.45, 2.75) is 13.8 Å². The molecule has 0 bridgehead atoms. The summed E-state index contributed by atoms with van der Waals surface area (Å²) >= 11 is 0.